The maximum atomic E-state index is 10.9. The average molecular weight is 139 g/mol. The first-order chi connectivity index (χ1) is 4.84. The molecule has 0 aromatic rings. The fourth-order valence-corrected chi connectivity index (χ4v) is 1.15. The lowest BCUT2D eigenvalue weighted by atomic mass is 9.95. The lowest BCUT2D eigenvalue weighted by Gasteiger charge is -2.14. The summed E-state index contributed by atoms with van der Waals surface area (Å²) in [5, 5.41) is 3.40. The van der Waals surface area contributed by atoms with Gasteiger partial charge >= 0.3 is 0 Å². The summed E-state index contributed by atoms with van der Waals surface area (Å²) < 4.78 is 0. The number of hydrogen-bond donors (Lipinski definition) is 0. The van der Waals surface area contributed by atoms with Gasteiger partial charge in [-0.05, 0) is 18.4 Å². The van der Waals surface area contributed by atoms with Gasteiger partial charge in [0.1, 0.15) is 5.78 Å². The highest BCUT2D eigenvalue weighted by Gasteiger charge is 2.19. The zero-order valence-electron chi connectivity index (χ0n) is 5.66. The molecule has 4 nitrogen and oxygen atoms in total. The van der Waals surface area contributed by atoms with Crippen LogP contribution in [0.1, 0.15) is 25.7 Å². The molecular weight excluding hydrogens is 130 g/mol. The third-order valence-electron chi connectivity index (χ3n) is 1.71. The Morgan fingerprint density at radius 2 is 2.40 bits per heavy atom. The van der Waals surface area contributed by atoms with Crippen LogP contribution in [0.4, 0.5) is 0 Å². The summed E-state index contributed by atoms with van der Waals surface area (Å²) in [6.07, 6.45) is 3.29. The summed E-state index contributed by atoms with van der Waals surface area (Å²) >= 11 is 0. The second kappa shape index (κ2) is 3.22. The van der Waals surface area contributed by atoms with Crippen molar-refractivity contribution in [2.75, 3.05) is 0 Å². The van der Waals surface area contributed by atoms with Gasteiger partial charge in [0.25, 0.3) is 0 Å². The number of Topliss-reactive ketones (excluding diaryl/α,β-unsaturated/α-hetero) is 1. The minimum absolute atomic E-state index is 0.101. The second-order valence-corrected chi connectivity index (χ2v) is 2.43. The number of carbonyl (C=O) groups is 1. The Hall–Kier alpha value is -1.02. The van der Waals surface area contributed by atoms with Gasteiger partial charge in [0.05, 0.1) is 6.04 Å². The summed E-state index contributed by atoms with van der Waals surface area (Å²) in [6.45, 7) is 0. The highest BCUT2D eigenvalue weighted by atomic mass is 16.1. The van der Waals surface area contributed by atoms with E-state index >= 15 is 0 Å². The van der Waals surface area contributed by atoms with Crippen molar-refractivity contribution in [1.29, 1.82) is 0 Å². The SMILES string of the molecule is [N-]=[N+]=NC1CCCCC1=O. The maximum Gasteiger partial charge on any atom is 0.141 e. The van der Waals surface area contributed by atoms with Crippen LogP contribution in [0.15, 0.2) is 5.11 Å². The van der Waals surface area contributed by atoms with Crippen LogP contribution in [0.2, 0.25) is 0 Å². The van der Waals surface area contributed by atoms with E-state index in [0.29, 0.717) is 6.42 Å². The molecule has 4 heteroatoms. The van der Waals surface area contributed by atoms with Crippen LogP contribution in [-0.4, -0.2) is 11.8 Å². The molecule has 1 unspecified atom stereocenters. The number of carbonyl (C=O) groups excluding carboxylic acids is 1. The van der Waals surface area contributed by atoms with Gasteiger partial charge in [-0.1, -0.05) is 11.5 Å². The lowest BCUT2D eigenvalue weighted by molar-refractivity contribution is -0.121. The van der Waals surface area contributed by atoms with Crippen LogP contribution >= 0.6 is 0 Å². The van der Waals surface area contributed by atoms with Gasteiger partial charge in [-0.25, -0.2) is 0 Å². The normalized spacial score (nSPS) is 25.6. The molecular formula is C6H9N3O. The monoisotopic (exact) mass is 139 g/mol. The molecule has 1 saturated carbocycles. The van der Waals surface area contributed by atoms with E-state index in [-0.39, 0.29) is 11.8 Å². The molecule has 10 heavy (non-hydrogen) atoms. The Kier molecular flexibility index (Phi) is 2.29. The molecule has 1 atom stereocenters. The number of azide groups is 1. The predicted octanol–water partition coefficient (Wildman–Crippen LogP) is 1.81. The summed E-state index contributed by atoms with van der Waals surface area (Å²) in [4.78, 5) is 13.5. The minimum atomic E-state index is -0.362. The molecule has 1 aliphatic carbocycles. The van der Waals surface area contributed by atoms with Crippen LogP contribution in [-0.2, 0) is 4.79 Å². The lowest BCUT2D eigenvalue weighted by Crippen LogP contribution is -2.21. The maximum absolute atomic E-state index is 10.9. The van der Waals surface area contributed by atoms with E-state index in [1.165, 1.54) is 0 Å². The van der Waals surface area contributed by atoms with E-state index in [1.54, 1.807) is 0 Å². The third-order valence-corrected chi connectivity index (χ3v) is 1.71. The van der Waals surface area contributed by atoms with Crippen molar-refractivity contribution in [3.05, 3.63) is 10.4 Å². The second-order valence-electron chi connectivity index (χ2n) is 2.43. The van der Waals surface area contributed by atoms with Crippen LogP contribution in [0.5, 0.6) is 0 Å². The molecule has 0 bridgehead atoms. The Labute approximate surface area is 58.9 Å². The molecule has 1 aliphatic rings. The Bertz CT molecular complexity index is 183. The van der Waals surface area contributed by atoms with E-state index < -0.39 is 0 Å². The molecule has 0 radical (unpaired) electrons. The zero-order chi connectivity index (χ0) is 7.40. The number of ketones is 1. The minimum Gasteiger partial charge on any atom is -0.299 e. The molecule has 1 rings (SSSR count). The molecule has 0 aromatic heterocycles. The van der Waals surface area contributed by atoms with Crippen molar-refractivity contribution >= 4 is 5.78 Å². The van der Waals surface area contributed by atoms with Crippen molar-refractivity contribution in [2.45, 2.75) is 31.7 Å². The van der Waals surface area contributed by atoms with Gasteiger partial charge in [-0.2, -0.15) is 0 Å². The molecule has 0 aliphatic heterocycles. The first-order valence-corrected chi connectivity index (χ1v) is 3.41. The van der Waals surface area contributed by atoms with Gasteiger partial charge in [-0.3, -0.25) is 4.79 Å². The van der Waals surface area contributed by atoms with Crippen LogP contribution < -0.4 is 0 Å². The van der Waals surface area contributed by atoms with Gasteiger partial charge in [-0.15, -0.1) is 0 Å². The molecule has 1 fully saturated rings. The molecule has 0 saturated heterocycles. The third kappa shape index (κ3) is 1.48. The van der Waals surface area contributed by atoms with Crippen molar-refractivity contribution in [3.8, 4) is 0 Å². The van der Waals surface area contributed by atoms with Crippen LogP contribution in [0.25, 0.3) is 10.4 Å². The molecule has 54 valence electrons. The number of nitrogens with zero attached hydrogens (tertiary/aromatic N) is 3. The molecule has 0 heterocycles. The average Bonchev–Trinajstić information content (AvgIpc) is 1.94. The molecule has 0 N–H and O–H groups in total. The Morgan fingerprint density at radius 1 is 1.60 bits per heavy atom. The fraction of sp³-hybridized carbons (Fsp3) is 0.833. The molecule has 0 spiro atoms. The van der Waals surface area contributed by atoms with Gasteiger partial charge < -0.3 is 0 Å². The smallest absolute Gasteiger partial charge is 0.141 e. The summed E-state index contributed by atoms with van der Waals surface area (Å²) in [5.41, 5.74) is 8.04. The van der Waals surface area contributed by atoms with Crippen LogP contribution in [0.3, 0.4) is 0 Å². The van der Waals surface area contributed by atoms with Crippen LogP contribution in [0, 0.1) is 0 Å². The first kappa shape index (κ1) is 7.09. The zero-order valence-corrected chi connectivity index (χ0v) is 5.66. The van der Waals surface area contributed by atoms with Gasteiger partial charge in [0.2, 0.25) is 0 Å². The standard InChI is InChI=1S/C6H9N3O/c7-9-8-5-3-1-2-4-6(5)10/h5H,1-4H2. The quantitative estimate of drug-likeness (QED) is 0.310. The Morgan fingerprint density at radius 3 is 3.00 bits per heavy atom. The summed E-state index contributed by atoms with van der Waals surface area (Å²) in [7, 11) is 0. The summed E-state index contributed by atoms with van der Waals surface area (Å²) in [6, 6.07) is -0.362. The van der Waals surface area contributed by atoms with Gasteiger partial charge in [0, 0.05) is 11.3 Å². The molecule has 0 amide bonds. The van der Waals surface area contributed by atoms with Crippen molar-refractivity contribution in [3.63, 3.8) is 0 Å². The van der Waals surface area contributed by atoms with E-state index in [0.717, 1.165) is 19.3 Å². The van der Waals surface area contributed by atoms with Gasteiger partial charge in [0.15, 0.2) is 0 Å². The van der Waals surface area contributed by atoms with Crippen molar-refractivity contribution in [1.82, 2.24) is 0 Å². The number of rotatable bonds is 1. The highest BCUT2D eigenvalue weighted by molar-refractivity contribution is 5.84. The topological polar surface area (TPSA) is 65.8 Å². The van der Waals surface area contributed by atoms with E-state index in [9.17, 15) is 4.79 Å². The van der Waals surface area contributed by atoms with Crippen molar-refractivity contribution < 1.29 is 4.79 Å². The number of hydrogen-bond acceptors (Lipinski definition) is 2. The summed E-state index contributed by atoms with van der Waals surface area (Å²) in [5.74, 6) is 0.101. The van der Waals surface area contributed by atoms with E-state index in [2.05, 4.69) is 10.0 Å². The largest absolute Gasteiger partial charge is 0.299 e. The Balaban J connectivity index is 2.55. The fourth-order valence-electron chi connectivity index (χ4n) is 1.15. The van der Waals surface area contributed by atoms with E-state index in [4.69, 9.17) is 5.53 Å². The van der Waals surface area contributed by atoms with E-state index in [1.807, 2.05) is 0 Å². The van der Waals surface area contributed by atoms with Crippen molar-refractivity contribution in [2.24, 2.45) is 5.11 Å². The highest BCUT2D eigenvalue weighted by Crippen LogP contribution is 2.16. The molecule has 0 aromatic carbocycles. The predicted molar refractivity (Wildman–Crippen MR) is 36.4 cm³/mol. The first-order valence-electron chi connectivity index (χ1n) is 3.41.